The van der Waals surface area contributed by atoms with E-state index in [0.717, 1.165) is 6.07 Å². The van der Waals surface area contributed by atoms with E-state index in [4.69, 9.17) is 43.0 Å². The van der Waals surface area contributed by atoms with Gasteiger partial charge in [-0.1, -0.05) is 0 Å². The molecule has 370 valence electrons. The third kappa shape index (κ3) is 11.0. The highest BCUT2D eigenvalue weighted by Crippen LogP contribution is 2.46. The third-order valence-electron chi connectivity index (χ3n) is 11.3. The number of esters is 2. The minimum Gasteiger partial charge on any atom is -0.571 e. The van der Waals surface area contributed by atoms with Gasteiger partial charge in [-0.3, -0.25) is 9.59 Å². The van der Waals surface area contributed by atoms with Crippen molar-refractivity contribution in [1.29, 1.82) is 0 Å². The highest BCUT2D eigenvalue weighted by Gasteiger charge is 2.49. The summed E-state index contributed by atoms with van der Waals surface area (Å²) >= 11 is 0. The molecule has 3 aromatic rings. The molecule has 4 heterocycles. The molecule has 0 amide bonds. The lowest BCUT2D eigenvalue weighted by Crippen LogP contribution is -2.60. The van der Waals surface area contributed by atoms with Crippen molar-refractivity contribution in [1.82, 2.24) is 0 Å². The van der Waals surface area contributed by atoms with Gasteiger partial charge in [0.1, 0.15) is 121 Å². The Hall–Kier alpha value is -5.91. The number of phenols is 2. The maximum atomic E-state index is 13.0. The lowest BCUT2D eigenvalue weighted by molar-refractivity contribution is -0.296. The molecule has 0 spiro atoms. The van der Waals surface area contributed by atoms with E-state index in [0.29, 0.717) is 5.56 Å². The number of aliphatic carboxylic acids is 1. The molecule has 25 nitrogen and oxygen atoms in total. The van der Waals surface area contributed by atoms with Gasteiger partial charge in [-0.05, 0) is 48.5 Å². The van der Waals surface area contributed by atoms with Gasteiger partial charge in [-0.15, -0.1) is 0 Å². The number of benzene rings is 3. The largest absolute Gasteiger partial charge is 0.571 e. The molecule has 0 saturated carbocycles. The first-order chi connectivity index (χ1) is 32.3. The number of carbonyl (C=O) groups is 3. The molecular formula is C43H49O25+. The van der Waals surface area contributed by atoms with Crippen LogP contribution >= 0.6 is 0 Å². The number of carbonyl (C=O) groups excluding carboxylic acids is 2. The Kier molecular flexibility index (Phi) is 15.6. The van der Waals surface area contributed by atoms with E-state index in [2.05, 4.69) is 4.74 Å². The second-order valence-electron chi connectivity index (χ2n) is 16.0. The fraction of sp³-hybridized carbons (Fsp3) is 0.465. The molecule has 1 unspecified atom stereocenters. The van der Waals surface area contributed by atoms with Crippen molar-refractivity contribution in [2.75, 3.05) is 19.8 Å². The Morgan fingerprint density at radius 2 is 1.10 bits per heavy atom. The van der Waals surface area contributed by atoms with Crippen LogP contribution in [0.2, 0.25) is 0 Å². The van der Waals surface area contributed by atoms with Crippen LogP contribution in [0.1, 0.15) is 34.0 Å². The highest BCUT2D eigenvalue weighted by atomic mass is 16.7. The zero-order valence-electron chi connectivity index (χ0n) is 35.2. The number of aromatic hydroxyl groups is 3. The number of carboxylic acids is 1. The smallest absolute Gasteiger partial charge is 0.338 e. The van der Waals surface area contributed by atoms with Crippen molar-refractivity contribution >= 4 is 24.0 Å². The molecule has 0 radical (unpaired) electrons. The summed E-state index contributed by atoms with van der Waals surface area (Å²) in [6, 6.07) is 13.1. The summed E-state index contributed by atoms with van der Waals surface area (Å²) in [6.07, 6.45) is -26.2. The van der Waals surface area contributed by atoms with Gasteiger partial charge in [0.05, 0.1) is 23.8 Å². The zero-order chi connectivity index (χ0) is 49.1. The van der Waals surface area contributed by atoms with E-state index < -0.39 is 148 Å². The maximum Gasteiger partial charge on any atom is 0.338 e. The van der Waals surface area contributed by atoms with E-state index >= 15 is 0 Å². The van der Waals surface area contributed by atoms with Gasteiger partial charge in [0.15, 0.2) is 5.76 Å². The summed E-state index contributed by atoms with van der Waals surface area (Å²) < 4.78 is 48.9. The van der Waals surface area contributed by atoms with E-state index in [1.165, 1.54) is 60.7 Å². The van der Waals surface area contributed by atoms with Gasteiger partial charge in [-0.2, -0.15) is 0 Å². The van der Waals surface area contributed by atoms with Crippen LogP contribution in [-0.2, 0) is 38.0 Å². The molecule has 68 heavy (non-hydrogen) atoms. The fourth-order valence-corrected chi connectivity index (χ4v) is 7.47. The zero-order valence-corrected chi connectivity index (χ0v) is 35.2. The van der Waals surface area contributed by atoms with Gasteiger partial charge in [0.2, 0.25) is 18.9 Å². The molecular weight excluding hydrogens is 916 g/mol. The van der Waals surface area contributed by atoms with Crippen LogP contribution in [0.15, 0.2) is 66.4 Å². The number of aliphatic hydroxyl groups is 11. The van der Waals surface area contributed by atoms with Crippen molar-refractivity contribution in [2.24, 2.45) is 0 Å². The molecule has 4 aliphatic heterocycles. The lowest BCUT2D eigenvalue weighted by Gasteiger charge is -2.41. The number of rotatable bonds is 15. The molecule has 0 bridgehead atoms. The molecule has 16 atom stereocenters. The predicted octanol–water partition coefficient (Wildman–Crippen LogP) is -3.50. The fourth-order valence-electron chi connectivity index (χ4n) is 7.47. The Bertz CT molecular complexity index is 2270. The summed E-state index contributed by atoms with van der Waals surface area (Å²) in [4.78, 5) is 35.7. The monoisotopic (exact) mass is 965 g/mol. The van der Waals surface area contributed by atoms with Crippen LogP contribution < -0.4 is 9.47 Å². The Morgan fingerprint density at radius 3 is 1.66 bits per heavy atom. The van der Waals surface area contributed by atoms with Gasteiger partial charge < -0.3 is 109 Å². The molecule has 4 aliphatic rings. The second-order valence-corrected chi connectivity index (χ2v) is 16.0. The molecule has 3 saturated heterocycles. The van der Waals surface area contributed by atoms with Gasteiger partial charge >= 0.3 is 17.9 Å². The number of hydrogen-bond donors (Lipinski definition) is 13. The van der Waals surface area contributed by atoms with Gasteiger partial charge in [0.25, 0.3) is 11.9 Å². The van der Waals surface area contributed by atoms with Crippen LogP contribution in [0.3, 0.4) is 0 Å². The van der Waals surface area contributed by atoms with Crippen molar-refractivity contribution in [3.8, 4) is 28.7 Å². The van der Waals surface area contributed by atoms with Gasteiger partial charge in [0, 0.05) is 12.1 Å². The van der Waals surface area contributed by atoms with E-state index in [-0.39, 0.29) is 39.9 Å². The molecule has 7 rings (SSSR count). The number of fused-ring (bicyclic) bond motifs is 1. The minimum absolute atomic E-state index is 0.00578. The van der Waals surface area contributed by atoms with E-state index in [1.807, 2.05) is 0 Å². The third-order valence-corrected chi connectivity index (χ3v) is 11.3. The SMILES string of the molecule is O=C(O)CC(=O)OC[C@H]1O[C@@H](OC2=Cc3c(O)cc(O[C@@H]4O[C@H](COC(=O)c5ccc(O[C@@H]6O[C@H](CO)[C@@H](O)[C@H](O)[C@@H]6O)cc5)[C@@H](O)[C@H](O)[C@@H]4O)cc3[OH+]C2c2ccc(O)cc2)[C@H](O)[C@@H](O)[C@@H]1O. The van der Waals surface area contributed by atoms with Crippen LogP contribution in [0.4, 0.5) is 0 Å². The first-order valence-corrected chi connectivity index (χ1v) is 20.8. The Morgan fingerprint density at radius 1 is 0.588 bits per heavy atom. The van der Waals surface area contributed by atoms with E-state index in [1.54, 1.807) is 0 Å². The Labute approximate surface area is 383 Å². The first kappa shape index (κ1) is 50.0. The van der Waals surface area contributed by atoms with Crippen LogP contribution in [0, 0.1) is 0 Å². The highest BCUT2D eigenvalue weighted by molar-refractivity contribution is 5.90. The van der Waals surface area contributed by atoms with Crippen molar-refractivity contribution < 1.29 is 123 Å². The average molecular weight is 966 g/mol. The average Bonchev–Trinajstić information content (AvgIpc) is 3.31. The topological polar surface area (TPSA) is 401 Å². The molecule has 14 N–H and O–H groups in total. The number of ether oxygens (including phenoxy) is 9. The summed E-state index contributed by atoms with van der Waals surface area (Å²) in [5.74, 6) is -4.41. The molecule has 0 aromatic heterocycles. The normalized spacial score (nSPS) is 33.5. The van der Waals surface area contributed by atoms with Crippen LogP contribution in [0.25, 0.3) is 6.08 Å². The molecule has 3 aromatic carbocycles. The Balaban J connectivity index is 1.03. The minimum atomic E-state index is -1.91. The quantitative estimate of drug-likeness (QED) is 0.0399. The van der Waals surface area contributed by atoms with Crippen molar-refractivity contribution in [2.45, 2.75) is 105 Å². The summed E-state index contributed by atoms with van der Waals surface area (Å²) in [7, 11) is 0. The summed E-state index contributed by atoms with van der Waals surface area (Å²) in [6.45, 7) is -2.08. The number of aliphatic hydroxyl groups excluding tert-OH is 10. The number of hydrogen-bond acceptors (Lipinski definition) is 23. The molecule has 25 heteroatoms. The van der Waals surface area contributed by atoms with Crippen LogP contribution in [-0.4, -0.2) is 201 Å². The predicted molar refractivity (Wildman–Crippen MR) is 218 cm³/mol. The van der Waals surface area contributed by atoms with Crippen molar-refractivity contribution in [3.05, 3.63) is 83.1 Å². The molecule has 0 aliphatic carbocycles. The van der Waals surface area contributed by atoms with Gasteiger partial charge in [-0.25, -0.2) is 4.79 Å². The van der Waals surface area contributed by atoms with E-state index in [9.17, 15) is 75.7 Å². The summed E-state index contributed by atoms with van der Waals surface area (Å²) in [5.41, 5.74) is 0.339. The number of carboxylic acid groups (broad SMARTS) is 1. The first-order valence-electron chi connectivity index (χ1n) is 20.8. The second kappa shape index (κ2) is 21.2. The standard InChI is InChI=1S/C43H48O25/c44-13-25-30(50)33(53)36(56)41(66-25)62-19-7-3-17(4-8-19)40(59)61-15-27-32(52)34(54)37(57)42(67-27)63-20-9-22(46)21-11-24(39(64-23(21)10-20)16-1-5-18(45)6-2-16)65-43-38(58)35(55)31(51)26(68-43)14-60-29(49)12-28(47)48/h1-11,25-27,30-39,41-46,50-58H,12-15H2,(H,47,48)/p+1/t25-,26-,27-,30-,31-,32-,33+,34+,35+,36+,37+,38-,39?,41-,42-,43-/m1/s1. The maximum absolute atomic E-state index is 13.0. The molecule has 3 fully saturated rings. The van der Waals surface area contributed by atoms with Crippen LogP contribution in [0.5, 0.6) is 28.7 Å². The summed E-state index contributed by atoms with van der Waals surface area (Å²) in [5, 5.41) is 134. The number of phenolic OH excluding ortho intramolecular Hbond substituents is 2. The lowest BCUT2D eigenvalue weighted by atomic mass is 9.98. The van der Waals surface area contributed by atoms with Crippen molar-refractivity contribution in [3.63, 3.8) is 0 Å².